The van der Waals surface area contributed by atoms with E-state index in [1.165, 1.54) is 12.8 Å². The number of nitrogens with zero attached hydrogens (tertiary/aromatic N) is 1. The van der Waals surface area contributed by atoms with Crippen molar-refractivity contribution in [1.29, 1.82) is 0 Å². The van der Waals surface area contributed by atoms with E-state index in [9.17, 15) is 4.79 Å². The van der Waals surface area contributed by atoms with E-state index in [2.05, 4.69) is 12.2 Å². The fourth-order valence-electron chi connectivity index (χ4n) is 0.734. The molecule has 11 heavy (non-hydrogen) atoms. The van der Waals surface area contributed by atoms with Crippen molar-refractivity contribution in [3.63, 3.8) is 0 Å². The van der Waals surface area contributed by atoms with Crippen LogP contribution in [0.25, 0.3) is 0 Å². The fraction of sp³-hybridized carbons (Fsp3) is 0.889. The van der Waals surface area contributed by atoms with Crippen LogP contribution in [-0.2, 0) is 4.79 Å². The van der Waals surface area contributed by atoms with Crippen molar-refractivity contribution in [2.45, 2.75) is 40.0 Å². The summed E-state index contributed by atoms with van der Waals surface area (Å²) in [5, 5.41) is 3.92. The van der Waals surface area contributed by atoms with E-state index in [-0.39, 0.29) is 11.8 Å². The van der Waals surface area contributed by atoms with Gasteiger partial charge in [-0.15, -0.1) is 0 Å². The van der Waals surface area contributed by atoms with E-state index < -0.39 is 0 Å². The molecule has 0 rings (SSSR count). The molecule has 0 unspecified atom stereocenters. The Labute approximate surface area is 69.4 Å². The topological polar surface area (TPSA) is 31.2 Å². The molecule has 0 aromatic carbocycles. The molecule has 0 bridgehead atoms. The average molecular weight is 156 g/mol. The van der Waals surface area contributed by atoms with E-state index >= 15 is 0 Å². The van der Waals surface area contributed by atoms with Crippen molar-refractivity contribution in [1.82, 2.24) is 5.32 Å². The molecule has 0 saturated carbocycles. The molecule has 0 aliphatic rings. The molecular weight excluding hydrogens is 138 g/mol. The molecule has 0 atom stereocenters. The predicted molar refractivity (Wildman–Crippen MR) is 46.4 cm³/mol. The summed E-state index contributed by atoms with van der Waals surface area (Å²) in [7, 11) is 0. The Kier molecular flexibility index (Phi) is 5.90. The Hall–Kier alpha value is -0.530. The van der Waals surface area contributed by atoms with Crippen molar-refractivity contribution in [3.8, 4) is 0 Å². The largest absolute Gasteiger partial charge is 0.273 e. The molecule has 0 aromatic rings. The minimum absolute atomic E-state index is 0.0427. The fourth-order valence-corrected chi connectivity index (χ4v) is 0.734. The summed E-state index contributed by atoms with van der Waals surface area (Å²) in [5.41, 5.74) is 0. The number of carbonyl (C=O) groups is 1. The second-order valence-corrected chi connectivity index (χ2v) is 3.08. The first-order chi connectivity index (χ1) is 5.18. The summed E-state index contributed by atoms with van der Waals surface area (Å²) in [5.74, 6) is 0.109. The summed E-state index contributed by atoms with van der Waals surface area (Å²) < 4.78 is 0. The second kappa shape index (κ2) is 6.20. The second-order valence-electron chi connectivity index (χ2n) is 3.08. The lowest BCUT2D eigenvalue weighted by atomic mass is 10.2. The Morgan fingerprint density at radius 1 is 1.36 bits per heavy atom. The monoisotopic (exact) mass is 156 g/mol. The quantitative estimate of drug-likeness (QED) is 0.560. The zero-order valence-electron chi connectivity index (χ0n) is 7.76. The highest BCUT2D eigenvalue weighted by atomic mass is 16.1. The van der Waals surface area contributed by atoms with Crippen molar-refractivity contribution in [3.05, 3.63) is 0 Å². The molecule has 1 radical (unpaired) electrons. The molecule has 0 N–H and O–H groups in total. The first kappa shape index (κ1) is 10.5. The first-order valence-corrected chi connectivity index (χ1v) is 4.39. The highest BCUT2D eigenvalue weighted by Gasteiger charge is 2.06. The minimum Gasteiger partial charge on any atom is -0.273 e. The molecule has 0 aliphatic heterocycles. The van der Waals surface area contributed by atoms with Crippen LogP contribution < -0.4 is 5.32 Å². The van der Waals surface area contributed by atoms with Gasteiger partial charge >= 0.3 is 0 Å². The van der Waals surface area contributed by atoms with Crippen molar-refractivity contribution < 1.29 is 4.79 Å². The van der Waals surface area contributed by atoms with Gasteiger partial charge in [0.15, 0.2) is 0 Å². The third kappa shape index (κ3) is 5.89. The number of carbonyl (C=O) groups excluding carboxylic acids is 1. The molecular formula is C9H18NO. The lowest BCUT2D eigenvalue weighted by Crippen LogP contribution is -2.21. The average Bonchev–Trinajstić information content (AvgIpc) is 1.97. The maximum absolute atomic E-state index is 10.9. The van der Waals surface area contributed by atoms with Gasteiger partial charge in [0, 0.05) is 12.5 Å². The number of hydrogen-bond donors (Lipinski definition) is 0. The van der Waals surface area contributed by atoms with Gasteiger partial charge in [-0.3, -0.25) is 10.1 Å². The van der Waals surface area contributed by atoms with Gasteiger partial charge in [-0.2, -0.15) is 0 Å². The summed E-state index contributed by atoms with van der Waals surface area (Å²) >= 11 is 0. The van der Waals surface area contributed by atoms with Gasteiger partial charge in [0.1, 0.15) is 0 Å². The lowest BCUT2D eigenvalue weighted by molar-refractivity contribution is -0.124. The Bertz CT molecular complexity index is 110. The van der Waals surface area contributed by atoms with E-state index in [0.717, 1.165) is 6.42 Å². The van der Waals surface area contributed by atoms with Crippen molar-refractivity contribution in [2.75, 3.05) is 6.54 Å². The predicted octanol–water partition coefficient (Wildman–Crippen LogP) is 1.96. The SMILES string of the molecule is CCCCC[N]C(=O)C(C)C. The van der Waals surface area contributed by atoms with E-state index in [0.29, 0.717) is 6.54 Å². The van der Waals surface area contributed by atoms with Crippen LogP contribution in [0.2, 0.25) is 0 Å². The Balaban J connectivity index is 3.18. The van der Waals surface area contributed by atoms with Crippen LogP contribution in [0.15, 0.2) is 0 Å². The third-order valence-corrected chi connectivity index (χ3v) is 1.52. The van der Waals surface area contributed by atoms with Gasteiger partial charge in [0.2, 0.25) is 5.91 Å². The molecule has 0 heterocycles. The van der Waals surface area contributed by atoms with Gasteiger partial charge < -0.3 is 0 Å². The van der Waals surface area contributed by atoms with Crippen LogP contribution in [-0.4, -0.2) is 12.5 Å². The molecule has 0 spiro atoms. The van der Waals surface area contributed by atoms with Crippen LogP contribution in [0.3, 0.4) is 0 Å². The Morgan fingerprint density at radius 2 is 2.00 bits per heavy atom. The van der Waals surface area contributed by atoms with Gasteiger partial charge in [0.05, 0.1) is 0 Å². The molecule has 65 valence electrons. The zero-order valence-corrected chi connectivity index (χ0v) is 7.76. The van der Waals surface area contributed by atoms with E-state index in [1.807, 2.05) is 13.8 Å². The summed E-state index contributed by atoms with van der Waals surface area (Å²) in [4.78, 5) is 10.9. The molecule has 2 nitrogen and oxygen atoms in total. The molecule has 0 aliphatic carbocycles. The third-order valence-electron chi connectivity index (χ3n) is 1.52. The standard InChI is InChI=1S/C9H18NO/c1-4-5-6-7-10-9(11)8(2)3/h8H,4-7H2,1-3H3. The van der Waals surface area contributed by atoms with E-state index in [1.54, 1.807) is 0 Å². The summed E-state index contributed by atoms with van der Waals surface area (Å²) in [6, 6.07) is 0. The van der Waals surface area contributed by atoms with Crippen molar-refractivity contribution >= 4 is 5.91 Å². The van der Waals surface area contributed by atoms with Crippen LogP contribution >= 0.6 is 0 Å². The molecule has 0 fully saturated rings. The molecule has 0 saturated heterocycles. The first-order valence-electron chi connectivity index (χ1n) is 4.39. The van der Waals surface area contributed by atoms with Crippen molar-refractivity contribution in [2.24, 2.45) is 5.92 Å². The Morgan fingerprint density at radius 3 is 2.45 bits per heavy atom. The van der Waals surface area contributed by atoms with Crippen LogP contribution in [0.4, 0.5) is 0 Å². The minimum atomic E-state index is 0.0427. The number of amides is 1. The number of unbranched alkanes of at least 4 members (excludes halogenated alkanes) is 2. The highest BCUT2D eigenvalue weighted by molar-refractivity contribution is 5.77. The van der Waals surface area contributed by atoms with Crippen LogP contribution in [0.1, 0.15) is 40.0 Å². The van der Waals surface area contributed by atoms with Crippen LogP contribution in [0, 0.1) is 5.92 Å². The lowest BCUT2D eigenvalue weighted by Gasteiger charge is -2.02. The van der Waals surface area contributed by atoms with Gasteiger partial charge in [-0.05, 0) is 6.42 Å². The number of rotatable bonds is 5. The van der Waals surface area contributed by atoms with Crippen LogP contribution in [0.5, 0.6) is 0 Å². The van der Waals surface area contributed by atoms with Gasteiger partial charge in [0.25, 0.3) is 0 Å². The summed E-state index contributed by atoms with van der Waals surface area (Å²) in [6.07, 6.45) is 3.41. The molecule has 1 amide bonds. The zero-order chi connectivity index (χ0) is 8.69. The maximum Gasteiger partial charge on any atom is 0.243 e. The van der Waals surface area contributed by atoms with Gasteiger partial charge in [-0.1, -0.05) is 33.6 Å². The normalized spacial score (nSPS) is 10.2. The smallest absolute Gasteiger partial charge is 0.243 e. The molecule has 2 heteroatoms. The summed E-state index contributed by atoms with van der Waals surface area (Å²) in [6.45, 7) is 6.62. The highest BCUT2D eigenvalue weighted by Crippen LogP contribution is 1.95. The maximum atomic E-state index is 10.9. The molecule has 0 aromatic heterocycles. The number of hydrogen-bond acceptors (Lipinski definition) is 1. The van der Waals surface area contributed by atoms with E-state index in [4.69, 9.17) is 0 Å². The van der Waals surface area contributed by atoms with Gasteiger partial charge in [-0.25, -0.2) is 0 Å².